The smallest absolute Gasteiger partial charge is 0.343 e. The summed E-state index contributed by atoms with van der Waals surface area (Å²) in [4.78, 5) is 24.3. The maximum atomic E-state index is 12.3. The molecule has 7 nitrogen and oxygen atoms in total. The number of aromatic nitrogens is 2. The Morgan fingerprint density at radius 3 is 2.56 bits per heavy atom. The second-order valence-corrected chi connectivity index (χ2v) is 6.27. The second kappa shape index (κ2) is 9.97. The molecule has 0 saturated heterocycles. The number of nitrogens with one attached hydrogen (secondary N) is 1. The number of esters is 1. The van der Waals surface area contributed by atoms with E-state index in [2.05, 4.69) is 17.3 Å². The van der Waals surface area contributed by atoms with Crippen molar-refractivity contribution in [2.45, 2.75) is 40.2 Å². The molecule has 1 aromatic heterocycles. The fraction of sp³-hybridized carbons (Fsp3) is 0.421. The van der Waals surface area contributed by atoms with E-state index in [9.17, 15) is 9.59 Å². The number of carbonyl (C=O) groups excluding carboxylic acids is 2. The normalized spacial score (nSPS) is 10.5. The zero-order chi connectivity index (χ0) is 19.8. The van der Waals surface area contributed by atoms with E-state index in [4.69, 9.17) is 21.1 Å². The van der Waals surface area contributed by atoms with Gasteiger partial charge in [0.05, 0.1) is 12.3 Å². The molecule has 0 aliphatic heterocycles. The van der Waals surface area contributed by atoms with Gasteiger partial charge >= 0.3 is 5.97 Å². The minimum absolute atomic E-state index is 0.196. The molecule has 146 valence electrons. The molecule has 1 aromatic carbocycles. The summed E-state index contributed by atoms with van der Waals surface area (Å²) in [7, 11) is 0. The largest absolute Gasteiger partial charge is 0.494 e. The van der Waals surface area contributed by atoms with Gasteiger partial charge in [-0.15, -0.1) is 0 Å². The van der Waals surface area contributed by atoms with E-state index in [0.717, 1.165) is 12.8 Å². The number of halogens is 1. The van der Waals surface area contributed by atoms with E-state index in [-0.39, 0.29) is 10.7 Å². The van der Waals surface area contributed by atoms with Crippen molar-refractivity contribution in [1.29, 1.82) is 0 Å². The first-order chi connectivity index (χ1) is 13.0. The summed E-state index contributed by atoms with van der Waals surface area (Å²) in [5, 5.41) is 7.15. The van der Waals surface area contributed by atoms with Gasteiger partial charge in [-0.3, -0.25) is 9.48 Å². The van der Waals surface area contributed by atoms with Crippen LogP contribution in [0.1, 0.15) is 42.7 Å². The number of amides is 1. The molecule has 0 fully saturated rings. The lowest BCUT2D eigenvalue weighted by molar-refractivity contribution is -0.119. The Bertz CT molecular complexity index is 787. The summed E-state index contributed by atoms with van der Waals surface area (Å²) in [6.45, 7) is 6.42. The Morgan fingerprint density at radius 1 is 1.22 bits per heavy atom. The highest BCUT2D eigenvalue weighted by Crippen LogP contribution is 2.21. The van der Waals surface area contributed by atoms with E-state index in [0.29, 0.717) is 30.3 Å². The average Bonchev–Trinajstić information content (AvgIpc) is 2.93. The van der Waals surface area contributed by atoms with Gasteiger partial charge in [0, 0.05) is 12.2 Å². The summed E-state index contributed by atoms with van der Waals surface area (Å²) < 4.78 is 12.0. The number of benzene rings is 1. The first kappa shape index (κ1) is 20.8. The van der Waals surface area contributed by atoms with Gasteiger partial charge < -0.3 is 14.8 Å². The molecule has 0 aliphatic rings. The third kappa shape index (κ3) is 5.72. The van der Waals surface area contributed by atoms with Gasteiger partial charge in [-0.05, 0) is 44.5 Å². The van der Waals surface area contributed by atoms with Crippen molar-refractivity contribution in [3.05, 3.63) is 40.7 Å². The Hall–Kier alpha value is -2.54. The Labute approximate surface area is 163 Å². The van der Waals surface area contributed by atoms with Crippen molar-refractivity contribution in [2.24, 2.45) is 0 Å². The number of unbranched alkanes of at least 4 members (excludes halogenated alkanes) is 1. The SMILES string of the molecule is CCCCn1nc(C)c(C(=O)OCC(=O)Nc2ccc(OCC)cc2)c1Cl. The highest BCUT2D eigenvalue weighted by molar-refractivity contribution is 6.32. The molecule has 0 unspecified atom stereocenters. The van der Waals surface area contributed by atoms with E-state index >= 15 is 0 Å². The van der Waals surface area contributed by atoms with Crippen LogP contribution in [-0.2, 0) is 16.1 Å². The van der Waals surface area contributed by atoms with Gasteiger partial charge in [-0.1, -0.05) is 24.9 Å². The van der Waals surface area contributed by atoms with Crippen molar-refractivity contribution >= 4 is 29.2 Å². The van der Waals surface area contributed by atoms with Crippen LogP contribution in [0.25, 0.3) is 0 Å². The number of hydrogen-bond donors (Lipinski definition) is 1. The van der Waals surface area contributed by atoms with Gasteiger partial charge in [0.15, 0.2) is 6.61 Å². The zero-order valence-corrected chi connectivity index (χ0v) is 16.5. The Kier molecular flexibility index (Phi) is 7.67. The molecule has 2 rings (SSSR count). The molecule has 1 amide bonds. The number of nitrogens with zero attached hydrogens (tertiary/aromatic N) is 2. The summed E-state index contributed by atoms with van der Waals surface area (Å²) in [6, 6.07) is 6.92. The van der Waals surface area contributed by atoms with Crippen LogP contribution < -0.4 is 10.1 Å². The van der Waals surface area contributed by atoms with Crippen LogP contribution in [0.2, 0.25) is 5.15 Å². The second-order valence-electron chi connectivity index (χ2n) is 5.91. The predicted molar refractivity (Wildman–Crippen MR) is 103 cm³/mol. The standard InChI is InChI=1S/C19H24ClN3O4/c1-4-6-11-23-18(20)17(13(3)22-23)19(25)27-12-16(24)21-14-7-9-15(10-8-14)26-5-2/h7-10H,4-6,11-12H2,1-3H3,(H,21,24). The highest BCUT2D eigenvalue weighted by atomic mass is 35.5. The number of aryl methyl sites for hydroxylation is 2. The molecule has 0 spiro atoms. The lowest BCUT2D eigenvalue weighted by atomic mass is 10.2. The minimum Gasteiger partial charge on any atom is -0.494 e. The zero-order valence-electron chi connectivity index (χ0n) is 15.8. The van der Waals surface area contributed by atoms with Gasteiger partial charge in [0.2, 0.25) is 0 Å². The van der Waals surface area contributed by atoms with Gasteiger partial charge in [-0.2, -0.15) is 5.10 Å². The van der Waals surface area contributed by atoms with E-state index in [1.54, 1.807) is 35.9 Å². The number of anilines is 1. The molecule has 0 radical (unpaired) electrons. The number of carbonyl (C=O) groups is 2. The average molecular weight is 394 g/mol. The van der Waals surface area contributed by atoms with E-state index < -0.39 is 18.5 Å². The third-order valence-electron chi connectivity index (χ3n) is 3.78. The van der Waals surface area contributed by atoms with Crippen molar-refractivity contribution in [3.63, 3.8) is 0 Å². The molecular weight excluding hydrogens is 370 g/mol. The summed E-state index contributed by atoms with van der Waals surface area (Å²) in [5.74, 6) is -0.395. The van der Waals surface area contributed by atoms with Gasteiger partial charge in [0.1, 0.15) is 16.5 Å². The predicted octanol–water partition coefficient (Wildman–Crippen LogP) is 3.84. The van der Waals surface area contributed by atoms with Crippen molar-refractivity contribution in [1.82, 2.24) is 9.78 Å². The molecule has 0 atom stereocenters. The van der Waals surface area contributed by atoms with Crippen LogP contribution in [0, 0.1) is 6.92 Å². The van der Waals surface area contributed by atoms with Crippen LogP contribution in [0.15, 0.2) is 24.3 Å². The number of ether oxygens (including phenoxy) is 2. The highest BCUT2D eigenvalue weighted by Gasteiger charge is 2.22. The van der Waals surface area contributed by atoms with Crippen molar-refractivity contribution in [2.75, 3.05) is 18.5 Å². The topological polar surface area (TPSA) is 82.5 Å². The Morgan fingerprint density at radius 2 is 1.93 bits per heavy atom. The molecule has 1 heterocycles. The number of hydrogen-bond acceptors (Lipinski definition) is 5. The molecule has 0 saturated carbocycles. The maximum absolute atomic E-state index is 12.3. The summed E-state index contributed by atoms with van der Waals surface area (Å²) in [5.41, 5.74) is 1.26. The molecule has 27 heavy (non-hydrogen) atoms. The van der Waals surface area contributed by atoms with Crippen molar-refractivity contribution < 1.29 is 19.1 Å². The van der Waals surface area contributed by atoms with E-state index in [1.165, 1.54) is 0 Å². The van der Waals surface area contributed by atoms with Gasteiger partial charge in [0.25, 0.3) is 5.91 Å². The maximum Gasteiger partial charge on any atom is 0.343 e. The minimum atomic E-state index is -0.665. The fourth-order valence-electron chi connectivity index (χ4n) is 2.44. The molecule has 1 N–H and O–H groups in total. The molecular formula is C19H24ClN3O4. The number of rotatable bonds is 9. The summed E-state index contributed by atoms with van der Waals surface area (Å²) in [6.07, 6.45) is 1.89. The van der Waals surface area contributed by atoms with E-state index in [1.807, 2.05) is 6.92 Å². The van der Waals surface area contributed by atoms with Crippen LogP contribution >= 0.6 is 11.6 Å². The Balaban J connectivity index is 1.91. The lowest BCUT2D eigenvalue weighted by Gasteiger charge is -2.08. The lowest BCUT2D eigenvalue weighted by Crippen LogP contribution is -2.21. The fourth-order valence-corrected chi connectivity index (χ4v) is 2.78. The molecule has 8 heteroatoms. The summed E-state index contributed by atoms with van der Waals surface area (Å²) >= 11 is 6.23. The quantitative estimate of drug-likeness (QED) is 0.654. The van der Waals surface area contributed by atoms with Crippen LogP contribution in [0.4, 0.5) is 5.69 Å². The van der Waals surface area contributed by atoms with Gasteiger partial charge in [-0.25, -0.2) is 4.79 Å². The first-order valence-electron chi connectivity index (χ1n) is 8.89. The van der Waals surface area contributed by atoms with Crippen LogP contribution in [0.5, 0.6) is 5.75 Å². The molecule has 0 aliphatic carbocycles. The third-order valence-corrected chi connectivity index (χ3v) is 4.16. The molecule has 2 aromatic rings. The van der Waals surface area contributed by atoms with Crippen LogP contribution in [0.3, 0.4) is 0 Å². The first-order valence-corrected chi connectivity index (χ1v) is 9.26. The van der Waals surface area contributed by atoms with Crippen molar-refractivity contribution in [3.8, 4) is 5.75 Å². The monoisotopic (exact) mass is 393 g/mol. The molecule has 0 bridgehead atoms. The van der Waals surface area contributed by atoms with Crippen LogP contribution in [-0.4, -0.2) is 34.9 Å².